The smallest absolute Gasteiger partial charge is 0.338 e. The van der Waals surface area contributed by atoms with E-state index in [1.165, 1.54) is 4.88 Å². The summed E-state index contributed by atoms with van der Waals surface area (Å²) in [5.74, 6) is -0.680. The zero-order chi connectivity index (χ0) is 18.8. The molecule has 140 valence electrons. The van der Waals surface area contributed by atoms with Crippen LogP contribution in [-0.4, -0.2) is 44.9 Å². The number of thiophene rings is 1. The maximum atomic E-state index is 12.6. The van der Waals surface area contributed by atoms with Gasteiger partial charge in [-0.15, -0.1) is 16.4 Å². The van der Waals surface area contributed by atoms with E-state index < -0.39 is 5.97 Å². The average molecular weight is 384 g/mol. The molecule has 3 aromatic rings. The number of aromatic nitrogens is 3. The first-order chi connectivity index (χ1) is 13.2. The lowest BCUT2D eigenvalue weighted by Gasteiger charge is -2.23. The van der Waals surface area contributed by atoms with Crippen LogP contribution in [0.5, 0.6) is 0 Å². The van der Waals surface area contributed by atoms with Crippen LogP contribution in [0.3, 0.4) is 0 Å². The molecule has 1 fully saturated rings. The number of amides is 1. The molecule has 1 saturated heterocycles. The molecule has 27 heavy (non-hydrogen) atoms. The Morgan fingerprint density at radius 1 is 1.33 bits per heavy atom. The second-order valence-corrected chi connectivity index (χ2v) is 7.42. The van der Waals surface area contributed by atoms with Gasteiger partial charge in [0, 0.05) is 18.0 Å². The number of likely N-dealkylation sites (tertiary alicyclic amines) is 1. The Morgan fingerprint density at radius 3 is 3.00 bits per heavy atom. The first kappa shape index (κ1) is 17.7. The molecule has 0 bridgehead atoms. The minimum atomic E-state index is -0.525. The fourth-order valence-corrected chi connectivity index (χ4v) is 4.34. The van der Waals surface area contributed by atoms with E-state index in [0.717, 1.165) is 18.4 Å². The van der Waals surface area contributed by atoms with Gasteiger partial charge in [0.25, 0.3) is 5.91 Å². The van der Waals surface area contributed by atoms with E-state index in [1.54, 1.807) is 34.2 Å². The SMILES string of the molecule is CCn1nnc2cc(C(=O)OCC(=O)N3CCCC3c3cccs3)ccc21. The molecular formula is C19H20N4O3S. The maximum absolute atomic E-state index is 12.6. The van der Waals surface area contributed by atoms with Crippen LogP contribution in [0.2, 0.25) is 0 Å². The number of nitrogens with zero attached hydrogens (tertiary/aromatic N) is 4. The molecule has 1 aliphatic heterocycles. The predicted octanol–water partition coefficient (Wildman–Crippen LogP) is 3.03. The number of hydrogen-bond donors (Lipinski definition) is 0. The number of ether oxygens (including phenoxy) is 1. The number of rotatable bonds is 5. The topological polar surface area (TPSA) is 77.3 Å². The third-order valence-electron chi connectivity index (χ3n) is 4.82. The molecule has 1 atom stereocenters. The van der Waals surface area contributed by atoms with Crippen molar-refractivity contribution in [2.24, 2.45) is 0 Å². The van der Waals surface area contributed by atoms with Crippen LogP contribution in [0, 0.1) is 0 Å². The van der Waals surface area contributed by atoms with Gasteiger partial charge in [-0.25, -0.2) is 9.48 Å². The van der Waals surface area contributed by atoms with Gasteiger partial charge in [-0.3, -0.25) is 4.79 Å². The van der Waals surface area contributed by atoms with Gasteiger partial charge < -0.3 is 9.64 Å². The zero-order valence-electron chi connectivity index (χ0n) is 15.0. The van der Waals surface area contributed by atoms with Crippen molar-refractivity contribution in [1.82, 2.24) is 19.9 Å². The molecule has 8 heteroatoms. The highest BCUT2D eigenvalue weighted by Gasteiger charge is 2.31. The molecule has 0 N–H and O–H groups in total. The molecule has 1 aromatic carbocycles. The summed E-state index contributed by atoms with van der Waals surface area (Å²) in [5, 5.41) is 10.1. The van der Waals surface area contributed by atoms with Crippen molar-refractivity contribution in [1.29, 1.82) is 0 Å². The second-order valence-electron chi connectivity index (χ2n) is 6.45. The number of hydrogen-bond acceptors (Lipinski definition) is 6. The molecule has 0 radical (unpaired) electrons. The number of carbonyl (C=O) groups excluding carboxylic acids is 2. The Kier molecular flexibility index (Phi) is 4.89. The highest BCUT2D eigenvalue weighted by atomic mass is 32.1. The van der Waals surface area contributed by atoms with Gasteiger partial charge in [-0.05, 0) is 49.4 Å². The Labute approximate surface area is 160 Å². The van der Waals surface area contributed by atoms with E-state index in [2.05, 4.69) is 10.3 Å². The van der Waals surface area contributed by atoms with Crippen molar-refractivity contribution < 1.29 is 14.3 Å². The van der Waals surface area contributed by atoms with Crippen molar-refractivity contribution in [2.75, 3.05) is 13.2 Å². The van der Waals surface area contributed by atoms with Crippen LogP contribution >= 0.6 is 11.3 Å². The van der Waals surface area contributed by atoms with Gasteiger partial charge in [-0.2, -0.15) is 0 Å². The lowest BCUT2D eigenvalue weighted by molar-refractivity contribution is -0.135. The second kappa shape index (κ2) is 7.48. The largest absolute Gasteiger partial charge is 0.452 e. The van der Waals surface area contributed by atoms with Gasteiger partial charge >= 0.3 is 5.97 Å². The summed E-state index contributed by atoms with van der Waals surface area (Å²) in [6.07, 6.45) is 1.91. The zero-order valence-corrected chi connectivity index (χ0v) is 15.8. The number of esters is 1. The number of fused-ring (bicyclic) bond motifs is 1. The molecule has 1 aliphatic rings. The van der Waals surface area contributed by atoms with Gasteiger partial charge in [0.05, 0.1) is 17.1 Å². The predicted molar refractivity (Wildman–Crippen MR) is 101 cm³/mol. The molecule has 0 aliphatic carbocycles. The highest BCUT2D eigenvalue weighted by molar-refractivity contribution is 7.10. The third kappa shape index (κ3) is 3.44. The van der Waals surface area contributed by atoms with Gasteiger partial charge in [0.1, 0.15) is 5.52 Å². The molecule has 1 amide bonds. The molecule has 0 saturated carbocycles. The van der Waals surface area contributed by atoms with Crippen LogP contribution in [0.15, 0.2) is 35.7 Å². The molecule has 1 unspecified atom stereocenters. The van der Waals surface area contributed by atoms with Crippen molar-refractivity contribution in [3.05, 3.63) is 46.2 Å². The van der Waals surface area contributed by atoms with Crippen molar-refractivity contribution >= 4 is 34.2 Å². The van der Waals surface area contributed by atoms with Gasteiger partial charge in [-0.1, -0.05) is 11.3 Å². The summed E-state index contributed by atoms with van der Waals surface area (Å²) in [6.45, 7) is 3.13. The molecule has 2 aromatic heterocycles. The molecular weight excluding hydrogens is 364 g/mol. The normalized spacial score (nSPS) is 16.8. The van der Waals surface area contributed by atoms with E-state index in [4.69, 9.17) is 4.74 Å². The van der Waals surface area contributed by atoms with Crippen LogP contribution in [0.25, 0.3) is 11.0 Å². The first-order valence-corrected chi connectivity index (χ1v) is 9.88. The molecule has 0 spiro atoms. The quantitative estimate of drug-likeness (QED) is 0.632. The van der Waals surface area contributed by atoms with Crippen LogP contribution < -0.4 is 0 Å². The van der Waals surface area contributed by atoms with Crippen molar-refractivity contribution in [2.45, 2.75) is 32.4 Å². The number of carbonyl (C=O) groups is 2. The maximum Gasteiger partial charge on any atom is 0.338 e. The fraction of sp³-hybridized carbons (Fsp3) is 0.368. The van der Waals surface area contributed by atoms with Crippen molar-refractivity contribution in [3.8, 4) is 0 Å². The summed E-state index contributed by atoms with van der Waals surface area (Å²) >= 11 is 1.65. The summed E-state index contributed by atoms with van der Waals surface area (Å²) < 4.78 is 7.02. The van der Waals surface area contributed by atoms with E-state index in [-0.39, 0.29) is 18.6 Å². The Bertz CT molecular complexity index is 967. The third-order valence-corrected chi connectivity index (χ3v) is 5.79. The fourth-order valence-electron chi connectivity index (χ4n) is 3.47. The summed E-state index contributed by atoms with van der Waals surface area (Å²) in [7, 11) is 0. The minimum absolute atomic E-state index is 0.0941. The lowest BCUT2D eigenvalue weighted by atomic mass is 10.2. The average Bonchev–Trinajstić information content (AvgIpc) is 3.44. The standard InChI is InChI=1S/C19H20N4O3S/c1-2-23-15-8-7-13(11-14(15)20-21-23)19(25)26-12-18(24)22-9-3-5-16(22)17-6-4-10-27-17/h4,6-8,10-11,16H,2-3,5,9,12H2,1H3. The monoisotopic (exact) mass is 384 g/mol. The van der Waals surface area contributed by atoms with E-state index in [9.17, 15) is 9.59 Å². The molecule has 4 rings (SSSR count). The Morgan fingerprint density at radius 2 is 2.22 bits per heavy atom. The van der Waals surface area contributed by atoms with Gasteiger partial charge in [0.15, 0.2) is 6.61 Å². The molecule has 3 heterocycles. The number of aryl methyl sites for hydroxylation is 1. The van der Waals surface area contributed by atoms with Crippen LogP contribution in [0.1, 0.15) is 41.0 Å². The summed E-state index contributed by atoms with van der Waals surface area (Å²) in [4.78, 5) is 27.9. The first-order valence-electron chi connectivity index (χ1n) is 9.00. The van der Waals surface area contributed by atoms with E-state index in [1.807, 2.05) is 29.3 Å². The van der Waals surface area contributed by atoms with E-state index in [0.29, 0.717) is 24.2 Å². The Hall–Kier alpha value is -2.74. The molecule has 7 nitrogen and oxygen atoms in total. The highest BCUT2D eigenvalue weighted by Crippen LogP contribution is 2.34. The Balaban J connectivity index is 1.40. The van der Waals surface area contributed by atoms with Crippen LogP contribution in [0.4, 0.5) is 0 Å². The summed E-state index contributed by atoms with van der Waals surface area (Å²) in [6, 6.07) is 9.25. The van der Waals surface area contributed by atoms with Crippen LogP contribution in [-0.2, 0) is 16.1 Å². The van der Waals surface area contributed by atoms with Crippen molar-refractivity contribution in [3.63, 3.8) is 0 Å². The van der Waals surface area contributed by atoms with E-state index >= 15 is 0 Å². The summed E-state index contributed by atoms with van der Waals surface area (Å²) in [5.41, 5.74) is 1.87. The minimum Gasteiger partial charge on any atom is -0.452 e. The lowest BCUT2D eigenvalue weighted by Crippen LogP contribution is -2.34. The van der Waals surface area contributed by atoms with Gasteiger partial charge in [0.2, 0.25) is 0 Å². The number of benzene rings is 1.